The SMILES string of the molecule is CCCC(=O)Nc1ccc(-c2csc(C)n2)cc1. The standard InChI is InChI=1S/C14H16N2OS/c1-3-4-14(17)16-12-7-5-11(6-8-12)13-9-18-10(2)15-13/h5-9H,3-4H2,1-2H3,(H,16,17). The molecule has 1 N–H and O–H groups in total. The number of hydrogen-bond donors (Lipinski definition) is 1. The third-order valence-electron chi connectivity index (χ3n) is 2.56. The zero-order valence-corrected chi connectivity index (χ0v) is 11.4. The average molecular weight is 260 g/mol. The molecule has 1 aromatic carbocycles. The predicted molar refractivity (Wildman–Crippen MR) is 75.8 cm³/mol. The van der Waals surface area contributed by atoms with Crippen molar-refractivity contribution in [2.45, 2.75) is 26.7 Å². The van der Waals surface area contributed by atoms with Crippen LogP contribution in [0, 0.1) is 6.92 Å². The second kappa shape index (κ2) is 5.78. The quantitative estimate of drug-likeness (QED) is 0.907. The molecule has 2 rings (SSSR count). The number of nitrogens with one attached hydrogen (secondary N) is 1. The highest BCUT2D eigenvalue weighted by atomic mass is 32.1. The van der Waals surface area contributed by atoms with Crippen LogP contribution < -0.4 is 5.32 Å². The molecule has 18 heavy (non-hydrogen) atoms. The summed E-state index contributed by atoms with van der Waals surface area (Å²) in [5, 5.41) is 5.97. The monoisotopic (exact) mass is 260 g/mol. The third kappa shape index (κ3) is 3.17. The van der Waals surface area contributed by atoms with Gasteiger partial charge in [0.05, 0.1) is 10.7 Å². The lowest BCUT2D eigenvalue weighted by Gasteiger charge is -2.04. The Morgan fingerprint density at radius 1 is 1.33 bits per heavy atom. The molecule has 0 aliphatic carbocycles. The molecule has 2 aromatic rings. The summed E-state index contributed by atoms with van der Waals surface area (Å²) >= 11 is 1.64. The first kappa shape index (κ1) is 12.8. The Hall–Kier alpha value is -1.68. The molecule has 4 heteroatoms. The summed E-state index contributed by atoms with van der Waals surface area (Å²) in [5.74, 6) is 0.0646. The first-order chi connectivity index (χ1) is 8.69. The van der Waals surface area contributed by atoms with Crippen LogP contribution in [0.15, 0.2) is 29.6 Å². The molecule has 1 heterocycles. The molecule has 0 spiro atoms. The predicted octanol–water partition coefficient (Wildman–Crippen LogP) is 3.86. The van der Waals surface area contributed by atoms with E-state index >= 15 is 0 Å². The van der Waals surface area contributed by atoms with Crippen molar-refractivity contribution in [1.29, 1.82) is 0 Å². The van der Waals surface area contributed by atoms with Gasteiger partial charge < -0.3 is 5.32 Å². The largest absolute Gasteiger partial charge is 0.326 e. The number of carbonyl (C=O) groups is 1. The number of aromatic nitrogens is 1. The lowest BCUT2D eigenvalue weighted by molar-refractivity contribution is -0.116. The fraction of sp³-hybridized carbons (Fsp3) is 0.286. The van der Waals surface area contributed by atoms with Crippen molar-refractivity contribution in [2.75, 3.05) is 5.32 Å². The highest BCUT2D eigenvalue weighted by Gasteiger charge is 2.03. The molecule has 0 unspecified atom stereocenters. The van der Waals surface area contributed by atoms with Gasteiger partial charge in [-0.15, -0.1) is 11.3 Å². The average Bonchev–Trinajstić information content (AvgIpc) is 2.77. The first-order valence-electron chi connectivity index (χ1n) is 6.01. The minimum absolute atomic E-state index is 0.0646. The summed E-state index contributed by atoms with van der Waals surface area (Å²) in [5.41, 5.74) is 2.90. The van der Waals surface area contributed by atoms with Gasteiger partial charge in [0.1, 0.15) is 0 Å². The van der Waals surface area contributed by atoms with E-state index in [2.05, 4.69) is 10.3 Å². The number of benzene rings is 1. The van der Waals surface area contributed by atoms with Gasteiger partial charge >= 0.3 is 0 Å². The van der Waals surface area contributed by atoms with Crippen molar-refractivity contribution in [2.24, 2.45) is 0 Å². The number of nitrogens with zero attached hydrogens (tertiary/aromatic N) is 1. The molecule has 0 saturated heterocycles. The van der Waals surface area contributed by atoms with E-state index in [1.54, 1.807) is 11.3 Å². The molecule has 1 amide bonds. The second-order valence-corrected chi connectivity index (χ2v) is 5.19. The van der Waals surface area contributed by atoms with Gasteiger partial charge in [-0.3, -0.25) is 4.79 Å². The first-order valence-corrected chi connectivity index (χ1v) is 6.89. The highest BCUT2D eigenvalue weighted by molar-refractivity contribution is 7.09. The molecule has 0 aliphatic rings. The van der Waals surface area contributed by atoms with Crippen molar-refractivity contribution in [3.8, 4) is 11.3 Å². The summed E-state index contributed by atoms with van der Waals surface area (Å²) in [4.78, 5) is 15.9. The molecular weight excluding hydrogens is 244 g/mol. The Bertz CT molecular complexity index is 531. The lowest BCUT2D eigenvalue weighted by atomic mass is 10.1. The number of amides is 1. The van der Waals surface area contributed by atoms with Crippen molar-refractivity contribution in [3.05, 3.63) is 34.7 Å². The minimum atomic E-state index is 0.0646. The van der Waals surface area contributed by atoms with E-state index in [9.17, 15) is 4.79 Å². The van der Waals surface area contributed by atoms with Crippen molar-refractivity contribution < 1.29 is 4.79 Å². The van der Waals surface area contributed by atoms with Crippen LogP contribution in [0.5, 0.6) is 0 Å². The summed E-state index contributed by atoms with van der Waals surface area (Å²) < 4.78 is 0. The molecule has 3 nitrogen and oxygen atoms in total. The minimum Gasteiger partial charge on any atom is -0.326 e. The van der Waals surface area contributed by atoms with Gasteiger partial charge in [-0.1, -0.05) is 19.1 Å². The van der Waals surface area contributed by atoms with Crippen LogP contribution in [-0.2, 0) is 4.79 Å². The number of carbonyl (C=O) groups excluding carboxylic acids is 1. The fourth-order valence-electron chi connectivity index (χ4n) is 1.67. The Morgan fingerprint density at radius 3 is 2.61 bits per heavy atom. The van der Waals surface area contributed by atoms with Gasteiger partial charge in [-0.05, 0) is 25.5 Å². The molecule has 1 aromatic heterocycles. The van der Waals surface area contributed by atoms with Crippen LogP contribution >= 0.6 is 11.3 Å². The maximum atomic E-state index is 11.4. The smallest absolute Gasteiger partial charge is 0.224 e. The number of rotatable bonds is 4. The Morgan fingerprint density at radius 2 is 2.06 bits per heavy atom. The van der Waals surface area contributed by atoms with Crippen LogP contribution in [-0.4, -0.2) is 10.9 Å². The van der Waals surface area contributed by atoms with E-state index in [0.29, 0.717) is 6.42 Å². The van der Waals surface area contributed by atoms with Crippen molar-refractivity contribution in [3.63, 3.8) is 0 Å². The lowest BCUT2D eigenvalue weighted by Crippen LogP contribution is -2.10. The number of aryl methyl sites for hydroxylation is 1. The van der Waals surface area contributed by atoms with E-state index in [1.165, 1.54) is 0 Å². The molecular formula is C14H16N2OS. The molecule has 0 fully saturated rings. The van der Waals surface area contributed by atoms with Crippen LogP contribution in [0.25, 0.3) is 11.3 Å². The topological polar surface area (TPSA) is 42.0 Å². The maximum Gasteiger partial charge on any atom is 0.224 e. The van der Waals surface area contributed by atoms with Crippen molar-refractivity contribution >= 4 is 22.9 Å². The van der Waals surface area contributed by atoms with Gasteiger partial charge in [0.25, 0.3) is 0 Å². The van der Waals surface area contributed by atoms with Crippen LogP contribution in [0.1, 0.15) is 24.8 Å². The Labute approximate surface area is 111 Å². The molecule has 0 saturated carbocycles. The Kier molecular flexibility index (Phi) is 4.10. The van der Waals surface area contributed by atoms with Gasteiger partial charge in [0.15, 0.2) is 0 Å². The van der Waals surface area contributed by atoms with Gasteiger partial charge in [0.2, 0.25) is 5.91 Å². The molecule has 0 aliphatic heterocycles. The summed E-state index contributed by atoms with van der Waals surface area (Å²) in [6.07, 6.45) is 1.43. The highest BCUT2D eigenvalue weighted by Crippen LogP contribution is 2.23. The Balaban J connectivity index is 2.08. The van der Waals surface area contributed by atoms with E-state index in [-0.39, 0.29) is 5.91 Å². The zero-order chi connectivity index (χ0) is 13.0. The van der Waals surface area contributed by atoms with Gasteiger partial charge in [-0.2, -0.15) is 0 Å². The van der Waals surface area contributed by atoms with Crippen molar-refractivity contribution in [1.82, 2.24) is 4.98 Å². The third-order valence-corrected chi connectivity index (χ3v) is 3.33. The van der Waals surface area contributed by atoms with E-state index in [0.717, 1.165) is 28.4 Å². The van der Waals surface area contributed by atoms with Crippen LogP contribution in [0.3, 0.4) is 0 Å². The number of hydrogen-bond acceptors (Lipinski definition) is 3. The van der Waals surface area contributed by atoms with Crippen LogP contribution in [0.4, 0.5) is 5.69 Å². The van der Waals surface area contributed by atoms with E-state index in [1.807, 2.05) is 43.5 Å². The summed E-state index contributed by atoms with van der Waals surface area (Å²) in [6, 6.07) is 7.79. The fourth-order valence-corrected chi connectivity index (χ4v) is 2.29. The summed E-state index contributed by atoms with van der Waals surface area (Å²) in [6.45, 7) is 3.99. The normalized spacial score (nSPS) is 10.3. The molecule has 0 atom stereocenters. The van der Waals surface area contributed by atoms with E-state index < -0.39 is 0 Å². The summed E-state index contributed by atoms with van der Waals surface area (Å²) in [7, 11) is 0. The molecule has 0 bridgehead atoms. The number of anilines is 1. The van der Waals surface area contributed by atoms with Gasteiger partial charge in [-0.25, -0.2) is 4.98 Å². The van der Waals surface area contributed by atoms with Crippen LogP contribution in [0.2, 0.25) is 0 Å². The molecule has 94 valence electrons. The van der Waals surface area contributed by atoms with E-state index in [4.69, 9.17) is 0 Å². The number of thiazole rings is 1. The maximum absolute atomic E-state index is 11.4. The van der Waals surface area contributed by atoms with Gasteiger partial charge in [0, 0.05) is 23.1 Å². The second-order valence-electron chi connectivity index (χ2n) is 4.13. The zero-order valence-electron chi connectivity index (χ0n) is 10.6. The molecule has 0 radical (unpaired) electrons.